The van der Waals surface area contributed by atoms with Gasteiger partial charge in [0, 0.05) is 25.5 Å². The molecule has 6 nitrogen and oxygen atoms in total. The quantitative estimate of drug-likeness (QED) is 0.766. The first-order chi connectivity index (χ1) is 10.1. The molecule has 0 unspecified atom stereocenters. The molecule has 2 aromatic rings. The fraction of sp³-hybridized carbons (Fsp3) is 0.400. The average molecular weight is 288 g/mol. The molecule has 112 valence electrons. The molecule has 1 amide bonds. The van der Waals surface area contributed by atoms with Gasteiger partial charge in [-0.25, -0.2) is 0 Å². The molecule has 0 aliphatic heterocycles. The van der Waals surface area contributed by atoms with E-state index in [4.69, 9.17) is 0 Å². The van der Waals surface area contributed by atoms with Crippen LogP contribution < -0.4 is 16.1 Å². The van der Waals surface area contributed by atoms with Gasteiger partial charge in [-0.05, 0) is 25.1 Å². The van der Waals surface area contributed by atoms with Crippen molar-refractivity contribution in [2.24, 2.45) is 7.05 Å². The minimum atomic E-state index is -0.431. The lowest BCUT2D eigenvalue weighted by Gasteiger charge is -2.08. The summed E-state index contributed by atoms with van der Waals surface area (Å²) < 4.78 is 1.56. The second kappa shape index (κ2) is 6.99. The standard InChI is InChI=1S/C15H20N4O2/c1-3-8-16-9-10-17-15(21)13-14(20)11-6-4-5-7-12(11)19(2)18-13/h4-7,16H,3,8-10H2,1-2H3,(H,17,21). The van der Waals surface area contributed by atoms with Crippen molar-refractivity contribution in [2.45, 2.75) is 13.3 Å². The van der Waals surface area contributed by atoms with E-state index in [1.165, 1.54) is 0 Å². The molecular weight excluding hydrogens is 268 g/mol. The number of para-hydroxylation sites is 1. The number of benzene rings is 1. The molecule has 0 aliphatic rings. The van der Waals surface area contributed by atoms with Crippen LogP contribution >= 0.6 is 0 Å². The molecule has 2 rings (SSSR count). The van der Waals surface area contributed by atoms with Gasteiger partial charge >= 0.3 is 0 Å². The molecule has 0 bridgehead atoms. The summed E-state index contributed by atoms with van der Waals surface area (Å²) in [7, 11) is 1.72. The average Bonchev–Trinajstić information content (AvgIpc) is 2.50. The highest BCUT2D eigenvalue weighted by molar-refractivity contribution is 5.95. The molecule has 0 spiro atoms. The Morgan fingerprint density at radius 3 is 2.76 bits per heavy atom. The van der Waals surface area contributed by atoms with E-state index in [0.29, 0.717) is 24.0 Å². The maximum Gasteiger partial charge on any atom is 0.275 e. The summed E-state index contributed by atoms with van der Waals surface area (Å²) >= 11 is 0. The lowest BCUT2D eigenvalue weighted by molar-refractivity contribution is 0.0946. The Labute approximate surface area is 123 Å². The third kappa shape index (κ3) is 3.46. The van der Waals surface area contributed by atoms with E-state index < -0.39 is 5.91 Å². The van der Waals surface area contributed by atoms with E-state index in [2.05, 4.69) is 22.7 Å². The van der Waals surface area contributed by atoms with Gasteiger partial charge in [0.2, 0.25) is 5.43 Å². The summed E-state index contributed by atoms with van der Waals surface area (Å²) in [4.78, 5) is 24.4. The molecule has 6 heteroatoms. The van der Waals surface area contributed by atoms with E-state index in [0.717, 1.165) is 13.0 Å². The van der Waals surface area contributed by atoms with Crippen LogP contribution in [-0.2, 0) is 7.05 Å². The molecule has 0 fully saturated rings. The molecule has 21 heavy (non-hydrogen) atoms. The minimum Gasteiger partial charge on any atom is -0.349 e. The summed E-state index contributed by atoms with van der Waals surface area (Å²) in [5.41, 5.74) is 0.318. The van der Waals surface area contributed by atoms with Crippen molar-refractivity contribution >= 4 is 16.8 Å². The Bertz CT molecular complexity index is 694. The Morgan fingerprint density at radius 2 is 2.00 bits per heavy atom. The molecule has 0 saturated heterocycles. The Kier molecular flexibility index (Phi) is 5.05. The van der Waals surface area contributed by atoms with Crippen molar-refractivity contribution in [1.82, 2.24) is 20.4 Å². The maximum atomic E-state index is 12.3. The zero-order valence-corrected chi connectivity index (χ0v) is 12.3. The smallest absolute Gasteiger partial charge is 0.275 e. The monoisotopic (exact) mass is 288 g/mol. The van der Waals surface area contributed by atoms with Gasteiger partial charge in [-0.3, -0.25) is 14.3 Å². The van der Waals surface area contributed by atoms with Crippen LogP contribution in [0.4, 0.5) is 0 Å². The summed E-state index contributed by atoms with van der Waals surface area (Å²) in [5, 5.41) is 10.5. The lowest BCUT2D eigenvalue weighted by atomic mass is 10.2. The Hall–Kier alpha value is -2.21. The SMILES string of the molecule is CCCNCCNC(=O)c1nn(C)c2ccccc2c1=O. The molecule has 0 aliphatic carbocycles. The van der Waals surface area contributed by atoms with Gasteiger partial charge in [0.25, 0.3) is 5.91 Å². The van der Waals surface area contributed by atoms with E-state index in [-0.39, 0.29) is 11.1 Å². The van der Waals surface area contributed by atoms with Gasteiger partial charge in [-0.2, -0.15) is 5.10 Å². The molecule has 0 saturated carbocycles. The first-order valence-corrected chi connectivity index (χ1v) is 7.10. The fourth-order valence-electron chi connectivity index (χ4n) is 2.12. The number of hydrogen-bond donors (Lipinski definition) is 2. The third-order valence-electron chi connectivity index (χ3n) is 3.19. The number of nitrogens with zero attached hydrogens (tertiary/aromatic N) is 2. The molecule has 0 radical (unpaired) electrons. The van der Waals surface area contributed by atoms with Crippen molar-refractivity contribution < 1.29 is 4.79 Å². The Morgan fingerprint density at radius 1 is 1.24 bits per heavy atom. The summed E-state index contributed by atoms with van der Waals surface area (Å²) in [6.45, 7) is 4.13. The predicted molar refractivity (Wildman–Crippen MR) is 82.5 cm³/mol. The van der Waals surface area contributed by atoms with Crippen molar-refractivity contribution in [3.05, 3.63) is 40.2 Å². The first-order valence-electron chi connectivity index (χ1n) is 7.10. The fourth-order valence-corrected chi connectivity index (χ4v) is 2.12. The highest BCUT2D eigenvalue weighted by Crippen LogP contribution is 2.07. The van der Waals surface area contributed by atoms with Gasteiger partial charge in [-0.15, -0.1) is 0 Å². The highest BCUT2D eigenvalue weighted by atomic mass is 16.2. The van der Waals surface area contributed by atoms with Crippen LogP contribution in [0.2, 0.25) is 0 Å². The van der Waals surface area contributed by atoms with E-state index in [1.807, 2.05) is 6.07 Å². The van der Waals surface area contributed by atoms with Crippen LogP contribution in [0.25, 0.3) is 10.9 Å². The van der Waals surface area contributed by atoms with Gasteiger partial charge in [0.1, 0.15) is 0 Å². The molecular formula is C15H20N4O2. The number of fused-ring (bicyclic) bond motifs is 1. The number of amides is 1. The number of rotatable bonds is 6. The zero-order valence-electron chi connectivity index (χ0n) is 12.3. The van der Waals surface area contributed by atoms with Crippen LogP contribution in [0.5, 0.6) is 0 Å². The topological polar surface area (TPSA) is 76.0 Å². The normalized spacial score (nSPS) is 10.8. The molecule has 0 atom stereocenters. The van der Waals surface area contributed by atoms with E-state index in [1.54, 1.807) is 29.9 Å². The summed E-state index contributed by atoms with van der Waals surface area (Å²) in [6.07, 6.45) is 1.04. The van der Waals surface area contributed by atoms with Gasteiger partial charge in [-0.1, -0.05) is 19.1 Å². The molecule has 2 N–H and O–H groups in total. The minimum absolute atomic E-state index is 0.0632. The van der Waals surface area contributed by atoms with Crippen LogP contribution in [-0.4, -0.2) is 35.3 Å². The number of aryl methyl sites for hydroxylation is 1. The second-order valence-corrected chi connectivity index (χ2v) is 4.82. The van der Waals surface area contributed by atoms with E-state index >= 15 is 0 Å². The third-order valence-corrected chi connectivity index (χ3v) is 3.19. The van der Waals surface area contributed by atoms with Crippen molar-refractivity contribution in [2.75, 3.05) is 19.6 Å². The first kappa shape index (κ1) is 15.2. The molecule has 1 aromatic carbocycles. The van der Waals surface area contributed by atoms with Gasteiger partial charge < -0.3 is 10.6 Å². The van der Waals surface area contributed by atoms with Crippen LogP contribution in [0.1, 0.15) is 23.8 Å². The largest absolute Gasteiger partial charge is 0.349 e. The number of aromatic nitrogens is 2. The van der Waals surface area contributed by atoms with Crippen molar-refractivity contribution in [3.63, 3.8) is 0 Å². The van der Waals surface area contributed by atoms with Crippen molar-refractivity contribution in [3.8, 4) is 0 Å². The molecule has 1 heterocycles. The Balaban J connectivity index is 2.16. The zero-order chi connectivity index (χ0) is 15.2. The van der Waals surface area contributed by atoms with Crippen molar-refractivity contribution in [1.29, 1.82) is 0 Å². The molecule has 1 aromatic heterocycles. The number of nitrogens with one attached hydrogen (secondary N) is 2. The summed E-state index contributed by atoms with van der Waals surface area (Å²) in [5.74, 6) is -0.431. The second-order valence-electron chi connectivity index (χ2n) is 4.82. The number of hydrogen-bond acceptors (Lipinski definition) is 4. The van der Waals surface area contributed by atoms with Gasteiger partial charge in [0.05, 0.1) is 5.52 Å². The van der Waals surface area contributed by atoms with Crippen LogP contribution in [0.3, 0.4) is 0 Å². The summed E-state index contributed by atoms with van der Waals surface area (Å²) in [6, 6.07) is 7.13. The lowest BCUT2D eigenvalue weighted by Crippen LogP contribution is -2.36. The van der Waals surface area contributed by atoms with Crippen LogP contribution in [0.15, 0.2) is 29.1 Å². The number of carbonyl (C=O) groups excluding carboxylic acids is 1. The van der Waals surface area contributed by atoms with Gasteiger partial charge in [0.15, 0.2) is 5.69 Å². The van der Waals surface area contributed by atoms with E-state index in [9.17, 15) is 9.59 Å². The number of carbonyl (C=O) groups is 1. The predicted octanol–water partition coefficient (Wildman–Crippen LogP) is 0.663. The highest BCUT2D eigenvalue weighted by Gasteiger charge is 2.15. The maximum absolute atomic E-state index is 12.3. The van der Waals surface area contributed by atoms with Crippen LogP contribution in [0, 0.1) is 0 Å².